The summed E-state index contributed by atoms with van der Waals surface area (Å²) in [5.74, 6) is 0. The molecule has 3 rings (SSSR count). The summed E-state index contributed by atoms with van der Waals surface area (Å²) >= 11 is 0. The molecule has 0 unspecified atom stereocenters. The molecule has 0 N–H and O–H groups in total. The number of pyridine rings is 1. The van der Waals surface area contributed by atoms with Crippen molar-refractivity contribution in [3.05, 3.63) is 69.7 Å². The molecule has 0 atom stereocenters. The number of hydrogen-bond donors (Lipinski definition) is 0. The van der Waals surface area contributed by atoms with Gasteiger partial charge in [0.25, 0.3) is 15.7 Å². The molecule has 10 heteroatoms. The Morgan fingerprint density at radius 1 is 1.26 bits per heavy atom. The molecule has 0 radical (unpaired) electrons. The Hall–Kier alpha value is -3.27. The van der Waals surface area contributed by atoms with E-state index in [0.717, 1.165) is 16.0 Å². The van der Waals surface area contributed by atoms with Crippen LogP contribution in [0.1, 0.15) is 16.8 Å². The molecular formula is C17H17N5O4S. The number of non-ortho nitro benzene ring substituents is 1. The molecule has 0 saturated carbocycles. The first-order chi connectivity index (χ1) is 12.7. The number of imidazole rings is 1. The Morgan fingerprint density at radius 3 is 2.70 bits per heavy atom. The highest BCUT2D eigenvalue weighted by atomic mass is 32.2. The van der Waals surface area contributed by atoms with E-state index in [0.29, 0.717) is 16.9 Å². The first kappa shape index (κ1) is 18.5. The van der Waals surface area contributed by atoms with E-state index in [2.05, 4.69) is 10.1 Å². The second-order valence-electron chi connectivity index (χ2n) is 6.01. The summed E-state index contributed by atoms with van der Waals surface area (Å²) in [6, 6.07) is 7.47. The Balaban J connectivity index is 1.96. The van der Waals surface area contributed by atoms with Crippen LogP contribution in [0.15, 0.2) is 52.7 Å². The normalized spacial score (nSPS) is 12.0. The molecule has 0 fully saturated rings. The summed E-state index contributed by atoms with van der Waals surface area (Å²) < 4.78 is 28.1. The minimum atomic E-state index is -4.04. The average Bonchev–Trinajstić information content (AvgIpc) is 3.01. The first-order valence-corrected chi connectivity index (χ1v) is 9.36. The minimum absolute atomic E-state index is 0.162. The quantitative estimate of drug-likeness (QED) is 0.379. The van der Waals surface area contributed by atoms with E-state index in [1.165, 1.54) is 25.4 Å². The number of nitrogens with zero attached hydrogens (tertiary/aromatic N) is 5. The molecule has 9 nitrogen and oxygen atoms in total. The molecule has 0 aliphatic heterocycles. The lowest BCUT2D eigenvalue weighted by molar-refractivity contribution is -0.385. The monoisotopic (exact) mass is 387 g/mol. The van der Waals surface area contributed by atoms with Gasteiger partial charge in [-0.05, 0) is 31.0 Å². The molecule has 140 valence electrons. The Morgan fingerprint density at radius 2 is 2.00 bits per heavy atom. The van der Waals surface area contributed by atoms with E-state index in [9.17, 15) is 18.5 Å². The number of hydrogen-bond acceptors (Lipinski definition) is 6. The molecule has 3 aromatic rings. The highest BCUT2D eigenvalue weighted by molar-refractivity contribution is 7.89. The van der Waals surface area contributed by atoms with Crippen molar-refractivity contribution in [3.63, 3.8) is 0 Å². The SMILES string of the molecule is Cc1ccc2ncc(C=NN(C)S(=O)(=O)c3cc([N+](=O)[O-])ccc3C)n2c1. The number of nitro benzene ring substituents is 1. The second kappa shape index (κ2) is 6.80. The van der Waals surface area contributed by atoms with Crippen LogP contribution in [-0.2, 0) is 10.0 Å². The molecular weight excluding hydrogens is 370 g/mol. The van der Waals surface area contributed by atoms with Crippen molar-refractivity contribution in [2.24, 2.45) is 5.10 Å². The van der Waals surface area contributed by atoms with Crippen LogP contribution in [-0.4, -0.2) is 40.4 Å². The van der Waals surface area contributed by atoms with Gasteiger partial charge in [-0.2, -0.15) is 17.9 Å². The zero-order valence-corrected chi connectivity index (χ0v) is 15.7. The maximum atomic E-state index is 12.8. The largest absolute Gasteiger partial charge is 0.298 e. The molecule has 0 saturated heterocycles. The average molecular weight is 387 g/mol. The highest BCUT2D eigenvalue weighted by Gasteiger charge is 2.24. The maximum absolute atomic E-state index is 12.8. The van der Waals surface area contributed by atoms with E-state index in [-0.39, 0.29) is 10.6 Å². The number of rotatable bonds is 5. The summed E-state index contributed by atoms with van der Waals surface area (Å²) in [4.78, 5) is 14.4. The topological polar surface area (TPSA) is 110 Å². The Kier molecular flexibility index (Phi) is 4.66. The number of fused-ring (bicyclic) bond motifs is 1. The second-order valence-corrected chi connectivity index (χ2v) is 7.93. The number of hydrazone groups is 1. The lowest BCUT2D eigenvalue weighted by atomic mass is 10.2. The number of aromatic nitrogens is 2. The third kappa shape index (κ3) is 3.51. The zero-order valence-electron chi connectivity index (χ0n) is 14.9. The summed E-state index contributed by atoms with van der Waals surface area (Å²) in [5, 5.41) is 15.0. The summed E-state index contributed by atoms with van der Waals surface area (Å²) in [6.07, 6.45) is 4.82. The standard InChI is InChI=1S/C17H17N5O4S/c1-12-4-7-17-18-9-15(21(17)11-12)10-19-20(3)27(25,26)16-8-14(22(23)24)6-5-13(16)2/h4-11H,1-3H3. The summed E-state index contributed by atoms with van der Waals surface area (Å²) in [6.45, 7) is 3.50. The summed E-state index contributed by atoms with van der Waals surface area (Å²) in [7, 11) is -2.76. The first-order valence-electron chi connectivity index (χ1n) is 7.92. The van der Waals surface area contributed by atoms with Gasteiger partial charge >= 0.3 is 0 Å². The minimum Gasteiger partial charge on any atom is -0.298 e. The van der Waals surface area contributed by atoms with Crippen molar-refractivity contribution >= 4 is 27.6 Å². The van der Waals surface area contributed by atoms with E-state index in [1.807, 2.05) is 25.3 Å². The van der Waals surface area contributed by atoms with Gasteiger partial charge in [0.1, 0.15) is 5.65 Å². The Labute approximate surface area is 155 Å². The van der Waals surface area contributed by atoms with Crippen molar-refractivity contribution in [2.45, 2.75) is 18.7 Å². The predicted molar refractivity (Wildman–Crippen MR) is 100 cm³/mol. The number of benzene rings is 1. The van der Waals surface area contributed by atoms with E-state index >= 15 is 0 Å². The van der Waals surface area contributed by atoms with Gasteiger partial charge in [0.2, 0.25) is 0 Å². The fourth-order valence-electron chi connectivity index (χ4n) is 2.53. The van der Waals surface area contributed by atoms with Crippen LogP contribution >= 0.6 is 0 Å². The predicted octanol–water partition coefficient (Wildman–Crippen LogP) is 2.51. The summed E-state index contributed by atoms with van der Waals surface area (Å²) in [5.41, 5.74) is 2.43. The third-order valence-corrected chi connectivity index (χ3v) is 5.83. The van der Waals surface area contributed by atoms with Crippen LogP contribution in [0.4, 0.5) is 5.69 Å². The molecule has 0 spiro atoms. The molecule has 2 heterocycles. The molecule has 1 aromatic carbocycles. The fourth-order valence-corrected chi connectivity index (χ4v) is 3.73. The van der Waals surface area contributed by atoms with Gasteiger partial charge in [0.15, 0.2) is 0 Å². The van der Waals surface area contributed by atoms with E-state index in [1.54, 1.807) is 17.5 Å². The molecule has 0 bridgehead atoms. The van der Waals surface area contributed by atoms with Gasteiger partial charge in [-0.25, -0.2) is 4.98 Å². The van der Waals surface area contributed by atoms with E-state index in [4.69, 9.17) is 0 Å². The van der Waals surface area contributed by atoms with Gasteiger partial charge in [-0.1, -0.05) is 12.1 Å². The van der Waals surface area contributed by atoms with Gasteiger partial charge in [-0.15, -0.1) is 0 Å². The van der Waals surface area contributed by atoms with Gasteiger partial charge in [-0.3, -0.25) is 14.5 Å². The van der Waals surface area contributed by atoms with Crippen molar-refractivity contribution in [3.8, 4) is 0 Å². The van der Waals surface area contributed by atoms with Crippen LogP contribution in [0.3, 0.4) is 0 Å². The highest BCUT2D eigenvalue weighted by Crippen LogP contribution is 2.24. The smallest absolute Gasteiger partial charge is 0.279 e. The van der Waals surface area contributed by atoms with Crippen LogP contribution in [0.2, 0.25) is 0 Å². The fraction of sp³-hybridized carbons (Fsp3) is 0.176. The molecule has 0 aliphatic rings. The van der Waals surface area contributed by atoms with Crippen molar-refractivity contribution in [2.75, 3.05) is 7.05 Å². The van der Waals surface area contributed by atoms with Crippen LogP contribution in [0, 0.1) is 24.0 Å². The van der Waals surface area contributed by atoms with Gasteiger partial charge in [0.05, 0.1) is 27.9 Å². The molecule has 0 amide bonds. The molecule has 0 aliphatic carbocycles. The van der Waals surface area contributed by atoms with Crippen molar-refractivity contribution in [1.29, 1.82) is 0 Å². The van der Waals surface area contributed by atoms with Gasteiger partial charge in [0, 0.05) is 25.4 Å². The lowest BCUT2D eigenvalue weighted by Gasteiger charge is -2.15. The number of sulfonamides is 1. The third-order valence-electron chi connectivity index (χ3n) is 4.04. The number of nitro groups is 1. The number of aryl methyl sites for hydroxylation is 2. The van der Waals surface area contributed by atoms with Gasteiger partial charge < -0.3 is 0 Å². The van der Waals surface area contributed by atoms with Crippen molar-refractivity contribution < 1.29 is 13.3 Å². The van der Waals surface area contributed by atoms with E-state index < -0.39 is 14.9 Å². The maximum Gasteiger partial charge on any atom is 0.279 e. The molecule has 27 heavy (non-hydrogen) atoms. The zero-order chi connectivity index (χ0) is 19.8. The Bertz CT molecular complexity index is 1170. The van der Waals surface area contributed by atoms with Crippen LogP contribution < -0.4 is 0 Å². The van der Waals surface area contributed by atoms with Crippen LogP contribution in [0.25, 0.3) is 5.65 Å². The molecule has 2 aromatic heterocycles. The van der Waals surface area contributed by atoms with Crippen molar-refractivity contribution in [1.82, 2.24) is 13.8 Å². The van der Waals surface area contributed by atoms with Crippen LogP contribution in [0.5, 0.6) is 0 Å². The lowest BCUT2D eigenvalue weighted by Crippen LogP contribution is -2.23.